The van der Waals surface area contributed by atoms with Crippen molar-refractivity contribution in [2.24, 2.45) is 0 Å². The van der Waals surface area contributed by atoms with Crippen LogP contribution in [0.4, 0.5) is 0 Å². The molecule has 0 amide bonds. The van der Waals surface area contributed by atoms with Crippen LogP contribution in [-0.4, -0.2) is 17.7 Å². The quantitative estimate of drug-likeness (QED) is 0.727. The predicted molar refractivity (Wildman–Crippen MR) is 113 cm³/mol. The lowest BCUT2D eigenvalue weighted by Crippen LogP contribution is -2.46. The van der Waals surface area contributed by atoms with Gasteiger partial charge in [-0.15, -0.1) is 0 Å². The summed E-state index contributed by atoms with van der Waals surface area (Å²) >= 11 is 0. The Morgan fingerprint density at radius 1 is 0.808 bits per heavy atom. The van der Waals surface area contributed by atoms with Crippen molar-refractivity contribution in [2.75, 3.05) is 6.54 Å². The highest BCUT2D eigenvalue weighted by atomic mass is 16.3. The van der Waals surface area contributed by atoms with Crippen molar-refractivity contribution in [3.63, 3.8) is 0 Å². The summed E-state index contributed by atoms with van der Waals surface area (Å²) in [6, 6.07) is 4.83. The van der Waals surface area contributed by atoms with Crippen LogP contribution in [-0.2, 0) is 21.8 Å². The van der Waals surface area contributed by atoms with Gasteiger partial charge in [0.2, 0.25) is 0 Å². The first-order valence-corrected chi connectivity index (χ1v) is 10.2. The molecule has 1 fully saturated rings. The number of hydrogen-bond acceptors (Lipinski definition) is 2. The SMILES string of the molecule is CC(C)(C)c1cc(C(C)(C)C)c(C(C)(O)[C@@H]2CCCN2)c(C(C)(C)C)c1. The first-order chi connectivity index (χ1) is 11.6. The molecule has 2 nitrogen and oxygen atoms in total. The van der Waals surface area contributed by atoms with E-state index in [0.29, 0.717) is 0 Å². The van der Waals surface area contributed by atoms with E-state index < -0.39 is 5.60 Å². The highest BCUT2D eigenvalue weighted by Crippen LogP contribution is 2.44. The lowest BCUT2D eigenvalue weighted by molar-refractivity contribution is 0.0185. The molecular weight excluding hydrogens is 318 g/mol. The molecule has 0 radical (unpaired) electrons. The molecule has 0 aromatic heterocycles. The third-order valence-corrected chi connectivity index (χ3v) is 5.87. The second-order valence-electron chi connectivity index (χ2n) is 11.5. The molecule has 148 valence electrons. The van der Waals surface area contributed by atoms with Crippen molar-refractivity contribution in [3.8, 4) is 0 Å². The fourth-order valence-corrected chi connectivity index (χ4v) is 4.14. The van der Waals surface area contributed by atoms with Crippen molar-refractivity contribution in [2.45, 2.75) is 110 Å². The maximum Gasteiger partial charge on any atom is 0.103 e. The Kier molecular flexibility index (Phi) is 5.47. The second kappa shape index (κ2) is 6.63. The predicted octanol–water partition coefficient (Wildman–Crippen LogP) is 5.54. The minimum absolute atomic E-state index is 0.0286. The fraction of sp³-hybridized carbons (Fsp3) is 0.750. The van der Waals surface area contributed by atoms with Gasteiger partial charge in [-0.05, 0) is 64.8 Å². The van der Waals surface area contributed by atoms with Gasteiger partial charge in [0.1, 0.15) is 5.60 Å². The molecule has 2 N–H and O–H groups in total. The smallest absolute Gasteiger partial charge is 0.103 e. The summed E-state index contributed by atoms with van der Waals surface area (Å²) in [6.07, 6.45) is 2.16. The van der Waals surface area contributed by atoms with Gasteiger partial charge >= 0.3 is 0 Å². The number of nitrogens with one attached hydrogen (secondary N) is 1. The van der Waals surface area contributed by atoms with E-state index in [-0.39, 0.29) is 22.3 Å². The van der Waals surface area contributed by atoms with Gasteiger partial charge < -0.3 is 10.4 Å². The van der Waals surface area contributed by atoms with E-state index in [4.69, 9.17) is 0 Å². The summed E-state index contributed by atoms with van der Waals surface area (Å²) in [5.41, 5.74) is 4.21. The zero-order chi connectivity index (χ0) is 20.1. The van der Waals surface area contributed by atoms with Crippen LogP contribution in [0.3, 0.4) is 0 Å². The van der Waals surface area contributed by atoms with E-state index >= 15 is 0 Å². The van der Waals surface area contributed by atoms with Gasteiger partial charge in [-0.2, -0.15) is 0 Å². The molecule has 26 heavy (non-hydrogen) atoms. The van der Waals surface area contributed by atoms with E-state index in [2.05, 4.69) is 79.8 Å². The van der Waals surface area contributed by atoms with Crippen LogP contribution in [0.15, 0.2) is 12.1 Å². The molecule has 1 aliphatic heterocycles. The topological polar surface area (TPSA) is 32.3 Å². The maximum absolute atomic E-state index is 11.8. The Balaban J connectivity index is 2.87. The van der Waals surface area contributed by atoms with E-state index in [9.17, 15) is 5.11 Å². The summed E-state index contributed by atoms with van der Waals surface area (Å²) in [5.74, 6) is 0. The first kappa shape index (κ1) is 21.4. The molecule has 1 saturated heterocycles. The van der Waals surface area contributed by atoms with E-state index in [1.54, 1.807) is 0 Å². The zero-order valence-corrected chi connectivity index (χ0v) is 18.8. The average molecular weight is 360 g/mol. The van der Waals surface area contributed by atoms with Crippen molar-refractivity contribution in [3.05, 3.63) is 34.4 Å². The molecule has 2 heteroatoms. The molecule has 1 unspecified atom stereocenters. The van der Waals surface area contributed by atoms with Gasteiger partial charge in [0.15, 0.2) is 0 Å². The highest BCUT2D eigenvalue weighted by molar-refractivity contribution is 5.50. The van der Waals surface area contributed by atoms with Gasteiger partial charge in [-0.25, -0.2) is 0 Å². The summed E-state index contributed by atoms with van der Waals surface area (Å²) in [6.45, 7) is 23.4. The van der Waals surface area contributed by atoms with Crippen molar-refractivity contribution < 1.29 is 5.11 Å². The van der Waals surface area contributed by atoms with E-state index in [1.165, 1.54) is 16.7 Å². The molecule has 0 spiro atoms. The van der Waals surface area contributed by atoms with Crippen LogP contribution in [0, 0.1) is 0 Å². The first-order valence-electron chi connectivity index (χ1n) is 10.2. The summed E-state index contributed by atoms with van der Waals surface area (Å²) in [4.78, 5) is 0. The van der Waals surface area contributed by atoms with Gasteiger partial charge in [-0.3, -0.25) is 0 Å². The third kappa shape index (κ3) is 4.17. The Bertz CT molecular complexity index is 609. The summed E-state index contributed by atoms with van der Waals surface area (Å²) in [7, 11) is 0. The Labute approximate surface area is 161 Å². The monoisotopic (exact) mass is 359 g/mol. The third-order valence-electron chi connectivity index (χ3n) is 5.87. The second-order valence-corrected chi connectivity index (χ2v) is 11.5. The molecule has 0 saturated carbocycles. The molecular formula is C24H41NO. The number of hydrogen-bond donors (Lipinski definition) is 2. The minimum Gasteiger partial charge on any atom is -0.384 e. The Hall–Kier alpha value is -0.860. The fourth-order valence-electron chi connectivity index (χ4n) is 4.14. The average Bonchev–Trinajstić information content (AvgIpc) is 2.97. The maximum atomic E-state index is 11.8. The number of rotatable bonds is 2. The van der Waals surface area contributed by atoms with Gasteiger partial charge in [0, 0.05) is 6.04 Å². The lowest BCUT2D eigenvalue weighted by atomic mass is 9.67. The largest absolute Gasteiger partial charge is 0.384 e. The van der Waals surface area contributed by atoms with Crippen LogP contribution in [0.5, 0.6) is 0 Å². The molecule has 1 aromatic carbocycles. The van der Waals surface area contributed by atoms with E-state index in [1.807, 2.05) is 6.92 Å². The van der Waals surface area contributed by atoms with Crippen LogP contribution >= 0.6 is 0 Å². The normalized spacial score (nSPS) is 21.7. The van der Waals surface area contributed by atoms with Gasteiger partial charge in [0.05, 0.1) is 0 Å². The van der Waals surface area contributed by atoms with Crippen molar-refractivity contribution >= 4 is 0 Å². The Morgan fingerprint density at radius 3 is 1.58 bits per heavy atom. The highest BCUT2D eigenvalue weighted by Gasteiger charge is 2.42. The van der Waals surface area contributed by atoms with Crippen LogP contribution in [0.2, 0.25) is 0 Å². The van der Waals surface area contributed by atoms with Gasteiger partial charge in [0.25, 0.3) is 0 Å². The lowest BCUT2D eigenvalue weighted by Gasteiger charge is -2.41. The zero-order valence-electron chi connectivity index (χ0n) is 18.8. The Morgan fingerprint density at radius 2 is 1.27 bits per heavy atom. The van der Waals surface area contributed by atoms with Crippen molar-refractivity contribution in [1.29, 1.82) is 0 Å². The number of benzene rings is 1. The van der Waals surface area contributed by atoms with Crippen molar-refractivity contribution in [1.82, 2.24) is 5.32 Å². The number of aliphatic hydroxyl groups is 1. The molecule has 0 bridgehead atoms. The molecule has 0 aliphatic carbocycles. The molecule has 2 rings (SSSR count). The standard InChI is InChI=1S/C24H41NO/c1-21(2,3)16-14-17(22(4,5)6)20(18(15-16)23(7,8)9)24(10,26)19-12-11-13-25-19/h14-15,19,25-26H,11-13H2,1-10H3/t19-,24?/m0/s1. The van der Waals surface area contributed by atoms with E-state index in [0.717, 1.165) is 24.9 Å². The summed E-state index contributed by atoms with van der Waals surface area (Å²) < 4.78 is 0. The molecule has 1 aliphatic rings. The molecule has 1 heterocycles. The van der Waals surface area contributed by atoms with Crippen LogP contribution in [0.1, 0.15) is 104 Å². The van der Waals surface area contributed by atoms with Crippen LogP contribution in [0.25, 0.3) is 0 Å². The molecule has 2 atom stereocenters. The summed E-state index contributed by atoms with van der Waals surface area (Å²) in [5, 5.41) is 15.4. The van der Waals surface area contributed by atoms with Crippen LogP contribution < -0.4 is 5.32 Å². The molecule has 1 aromatic rings. The van der Waals surface area contributed by atoms with Gasteiger partial charge in [-0.1, -0.05) is 74.4 Å². The minimum atomic E-state index is -0.877.